The summed E-state index contributed by atoms with van der Waals surface area (Å²) in [5, 5.41) is 0. The number of nitrogens with zero attached hydrogens (tertiary/aromatic N) is 1. The van der Waals surface area contributed by atoms with Gasteiger partial charge in [0.1, 0.15) is 12.4 Å². The first-order valence-corrected chi connectivity index (χ1v) is 6.40. The zero-order valence-corrected chi connectivity index (χ0v) is 11.5. The maximum Gasteiger partial charge on any atom is 0.340 e. The van der Waals surface area contributed by atoms with E-state index in [0.29, 0.717) is 5.56 Å². The van der Waals surface area contributed by atoms with Gasteiger partial charge in [-0.25, -0.2) is 14.2 Å². The van der Waals surface area contributed by atoms with Crippen LogP contribution >= 0.6 is 0 Å². The van der Waals surface area contributed by atoms with E-state index in [1.54, 1.807) is 25.1 Å². The van der Waals surface area contributed by atoms with Gasteiger partial charge < -0.3 is 15.2 Å². The summed E-state index contributed by atoms with van der Waals surface area (Å²) in [5.74, 6) is -0.734. The highest BCUT2D eigenvalue weighted by Gasteiger charge is 2.13. The lowest BCUT2D eigenvalue weighted by Gasteiger charge is -2.09. The molecule has 0 bridgehead atoms. The Morgan fingerprint density at radius 3 is 2.86 bits per heavy atom. The van der Waals surface area contributed by atoms with Crippen molar-refractivity contribution in [1.29, 1.82) is 0 Å². The second kappa shape index (κ2) is 6.69. The fourth-order valence-corrected chi connectivity index (χ4v) is 1.68. The van der Waals surface area contributed by atoms with Crippen LogP contribution in [0, 0.1) is 5.82 Å². The average Bonchev–Trinajstić information content (AvgIpc) is 2.48. The van der Waals surface area contributed by atoms with Crippen LogP contribution in [0.25, 0.3) is 0 Å². The topological polar surface area (TPSA) is 74.4 Å². The van der Waals surface area contributed by atoms with Crippen LogP contribution in [0.15, 0.2) is 36.5 Å². The number of pyridine rings is 1. The highest BCUT2D eigenvalue weighted by Crippen LogP contribution is 2.19. The number of ether oxygens (including phenoxy) is 2. The highest BCUT2D eigenvalue weighted by atomic mass is 19.1. The van der Waals surface area contributed by atoms with E-state index < -0.39 is 5.97 Å². The van der Waals surface area contributed by atoms with Gasteiger partial charge in [0.05, 0.1) is 24.1 Å². The Balaban J connectivity index is 2.12. The number of nitrogen functional groups attached to an aromatic ring is 1. The van der Waals surface area contributed by atoms with Crippen molar-refractivity contribution in [3.63, 3.8) is 0 Å². The van der Waals surface area contributed by atoms with Gasteiger partial charge >= 0.3 is 5.97 Å². The van der Waals surface area contributed by atoms with E-state index in [2.05, 4.69) is 4.98 Å². The fraction of sp³-hybridized carbons (Fsp3) is 0.200. The summed E-state index contributed by atoms with van der Waals surface area (Å²) in [7, 11) is 0. The summed E-state index contributed by atoms with van der Waals surface area (Å²) < 4.78 is 23.7. The Morgan fingerprint density at radius 2 is 2.14 bits per heavy atom. The first-order chi connectivity index (χ1) is 10.1. The number of halogens is 1. The van der Waals surface area contributed by atoms with E-state index >= 15 is 0 Å². The molecule has 0 aliphatic carbocycles. The van der Waals surface area contributed by atoms with Crippen molar-refractivity contribution in [2.24, 2.45) is 0 Å². The Hall–Kier alpha value is -2.63. The molecule has 0 atom stereocenters. The van der Waals surface area contributed by atoms with Crippen molar-refractivity contribution in [2.45, 2.75) is 13.5 Å². The molecule has 0 saturated carbocycles. The molecule has 0 radical (unpaired) electrons. The minimum absolute atomic E-state index is 0.00581. The number of aromatic nitrogens is 1. The second-order valence-corrected chi connectivity index (χ2v) is 4.21. The van der Waals surface area contributed by atoms with Gasteiger partial charge in [0.25, 0.3) is 0 Å². The van der Waals surface area contributed by atoms with Gasteiger partial charge in [-0.05, 0) is 13.0 Å². The number of rotatable bonds is 5. The summed E-state index contributed by atoms with van der Waals surface area (Å²) in [6, 6.07) is 7.65. The van der Waals surface area contributed by atoms with Crippen LogP contribution in [0.1, 0.15) is 22.8 Å². The maximum atomic E-state index is 13.5. The summed E-state index contributed by atoms with van der Waals surface area (Å²) in [5.41, 5.74) is 6.45. The van der Waals surface area contributed by atoms with Crippen molar-refractivity contribution in [3.8, 4) is 5.88 Å². The van der Waals surface area contributed by atoms with E-state index in [0.717, 1.165) is 0 Å². The SMILES string of the molecule is CCOC(=O)c1cc(OCc2ccccc2F)ncc1N. The number of carbonyl (C=O) groups excluding carboxylic acids is 1. The first-order valence-electron chi connectivity index (χ1n) is 6.40. The number of benzene rings is 1. The van der Waals surface area contributed by atoms with Gasteiger partial charge in [0.15, 0.2) is 0 Å². The van der Waals surface area contributed by atoms with Crippen LogP contribution in [-0.2, 0) is 11.3 Å². The third-order valence-corrected chi connectivity index (χ3v) is 2.74. The van der Waals surface area contributed by atoms with Crippen molar-refractivity contribution >= 4 is 11.7 Å². The largest absolute Gasteiger partial charge is 0.473 e. The highest BCUT2D eigenvalue weighted by molar-refractivity contribution is 5.95. The number of anilines is 1. The molecule has 0 spiro atoms. The van der Waals surface area contributed by atoms with Crippen molar-refractivity contribution in [1.82, 2.24) is 4.98 Å². The molecule has 0 aliphatic heterocycles. The standard InChI is InChI=1S/C15H15FN2O3/c1-2-20-15(19)11-7-14(18-8-13(11)17)21-9-10-5-3-4-6-12(10)16/h3-8H,2,9,17H2,1H3. The Kier molecular flexibility index (Phi) is 4.71. The molecule has 21 heavy (non-hydrogen) atoms. The molecule has 2 N–H and O–H groups in total. The quantitative estimate of drug-likeness (QED) is 0.857. The van der Waals surface area contributed by atoms with E-state index in [1.807, 2.05) is 0 Å². The molecule has 1 aromatic heterocycles. The van der Waals surface area contributed by atoms with Gasteiger partial charge in [-0.15, -0.1) is 0 Å². The van der Waals surface area contributed by atoms with Crippen LogP contribution in [0.3, 0.4) is 0 Å². The number of hydrogen-bond acceptors (Lipinski definition) is 5. The molecule has 0 aliphatic rings. The fourth-order valence-electron chi connectivity index (χ4n) is 1.68. The number of carbonyl (C=O) groups is 1. The van der Waals surface area contributed by atoms with Crippen LogP contribution in [0.4, 0.5) is 10.1 Å². The Bertz CT molecular complexity index is 647. The predicted octanol–water partition coefficient (Wildman–Crippen LogP) is 2.56. The molecule has 6 heteroatoms. The van der Waals surface area contributed by atoms with Crippen molar-refractivity contribution in [3.05, 3.63) is 53.5 Å². The lowest BCUT2D eigenvalue weighted by molar-refractivity contribution is 0.0527. The third-order valence-electron chi connectivity index (χ3n) is 2.74. The average molecular weight is 290 g/mol. The van der Waals surface area contributed by atoms with Gasteiger partial charge in [0, 0.05) is 11.6 Å². The minimum Gasteiger partial charge on any atom is -0.473 e. The van der Waals surface area contributed by atoms with Crippen molar-refractivity contribution in [2.75, 3.05) is 12.3 Å². The summed E-state index contributed by atoms with van der Waals surface area (Å²) >= 11 is 0. The molecular formula is C15H15FN2O3. The Morgan fingerprint density at radius 1 is 1.38 bits per heavy atom. The monoisotopic (exact) mass is 290 g/mol. The molecule has 1 heterocycles. The van der Waals surface area contributed by atoms with Crippen molar-refractivity contribution < 1.29 is 18.7 Å². The third kappa shape index (κ3) is 3.68. The molecule has 110 valence electrons. The van der Waals surface area contributed by atoms with Gasteiger partial charge in [-0.2, -0.15) is 0 Å². The molecule has 2 aromatic rings. The van der Waals surface area contributed by atoms with Gasteiger partial charge in [-0.1, -0.05) is 18.2 Å². The molecule has 0 amide bonds. The molecule has 0 fully saturated rings. The molecule has 5 nitrogen and oxygen atoms in total. The lowest BCUT2D eigenvalue weighted by Crippen LogP contribution is -2.09. The van der Waals surface area contributed by atoms with Crippen LogP contribution in [0.5, 0.6) is 5.88 Å². The van der Waals surface area contributed by atoms with Crippen LogP contribution < -0.4 is 10.5 Å². The second-order valence-electron chi connectivity index (χ2n) is 4.21. The van der Waals surface area contributed by atoms with E-state index in [-0.39, 0.29) is 36.2 Å². The zero-order valence-electron chi connectivity index (χ0n) is 11.5. The summed E-state index contributed by atoms with van der Waals surface area (Å²) in [6.07, 6.45) is 1.31. The first kappa shape index (κ1) is 14.8. The molecule has 0 saturated heterocycles. The van der Waals surface area contributed by atoms with Gasteiger partial charge in [-0.3, -0.25) is 0 Å². The van der Waals surface area contributed by atoms with Crippen LogP contribution in [-0.4, -0.2) is 17.6 Å². The normalized spacial score (nSPS) is 10.2. The van der Waals surface area contributed by atoms with E-state index in [1.165, 1.54) is 18.3 Å². The molecule has 2 rings (SSSR count). The molecule has 1 aromatic carbocycles. The lowest BCUT2D eigenvalue weighted by atomic mass is 10.2. The minimum atomic E-state index is -0.548. The summed E-state index contributed by atoms with van der Waals surface area (Å²) in [4.78, 5) is 15.6. The number of esters is 1. The molecule has 0 unspecified atom stereocenters. The maximum absolute atomic E-state index is 13.5. The van der Waals surface area contributed by atoms with E-state index in [4.69, 9.17) is 15.2 Å². The zero-order chi connectivity index (χ0) is 15.2. The van der Waals surface area contributed by atoms with Gasteiger partial charge in [0.2, 0.25) is 5.88 Å². The Labute approximate surface area is 121 Å². The van der Waals surface area contributed by atoms with Crippen LogP contribution in [0.2, 0.25) is 0 Å². The van der Waals surface area contributed by atoms with E-state index in [9.17, 15) is 9.18 Å². The molecular weight excluding hydrogens is 275 g/mol. The number of hydrogen-bond donors (Lipinski definition) is 1. The predicted molar refractivity (Wildman–Crippen MR) is 75.3 cm³/mol. The number of nitrogens with two attached hydrogens (primary N) is 1. The summed E-state index contributed by atoms with van der Waals surface area (Å²) in [6.45, 7) is 1.95. The smallest absolute Gasteiger partial charge is 0.340 e.